The van der Waals surface area contributed by atoms with Gasteiger partial charge in [0.05, 0.1) is 7.11 Å². The fourth-order valence-electron chi connectivity index (χ4n) is 3.25. The van der Waals surface area contributed by atoms with Crippen molar-refractivity contribution in [1.29, 1.82) is 0 Å². The molecule has 0 atom stereocenters. The molecule has 0 radical (unpaired) electrons. The van der Waals surface area contributed by atoms with E-state index in [1.807, 2.05) is 12.1 Å². The molecule has 2 aromatic carbocycles. The molecule has 1 fully saturated rings. The number of benzene rings is 2. The summed E-state index contributed by atoms with van der Waals surface area (Å²) in [6, 6.07) is 15.9. The van der Waals surface area contributed by atoms with Gasteiger partial charge in [0.15, 0.2) is 0 Å². The highest BCUT2D eigenvalue weighted by Gasteiger charge is 2.17. The largest absolute Gasteiger partial charge is 0.497 e. The van der Waals surface area contributed by atoms with Crippen LogP contribution in [0.1, 0.15) is 15.9 Å². The Hall–Kier alpha value is -2.53. The molecule has 5 nitrogen and oxygen atoms in total. The predicted molar refractivity (Wildman–Crippen MR) is 105 cm³/mol. The van der Waals surface area contributed by atoms with E-state index in [1.54, 1.807) is 19.2 Å². The van der Waals surface area contributed by atoms with Gasteiger partial charge >= 0.3 is 0 Å². The van der Waals surface area contributed by atoms with Crippen molar-refractivity contribution < 1.29 is 9.53 Å². The standard InChI is InChI=1S/C21H27N3O2/c1-17-5-3-7-19(15-17)24-13-11-23(12-14-24)10-9-22-21(25)18-6-4-8-20(16-18)26-2/h3-8,15-16H,9-14H2,1-2H3,(H,22,25). The molecular weight excluding hydrogens is 326 g/mol. The van der Waals surface area contributed by atoms with Crippen LogP contribution in [0, 0.1) is 6.92 Å². The Morgan fingerprint density at radius 1 is 1.08 bits per heavy atom. The van der Waals surface area contributed by atoms with Crippen LogP contribution in [0.5, 0.6) is 5.75 Å². The van der Waals surface area contributed by atoms with Crippen molar-refractivity contribution in [2.75, 3.05) is 51.3 Å². The molecule has 0 unspecified atom stereocenters. The molecule has 0 saturated carbocycles. The lowest BCUT2D eigenvalue weighted by Gasteiger charge is -2.36. The van der Waals surface area contributed by atoms with Crippen molar-refractivity contribution in [3.63, 3.8) is 0 Å². The Morgan fingerprint density at radius 2 is 1.85 bits per heavy atom. The number of carbonyl (C=O) groups excluding carboxylic acids is 1. The number of amides is 1. The molecule has 1 heterocycles. The second kappa shape index (κ2) is 8.72. The monoisotopic (exact) mass is 353 g/mol. The zero-order valence-electron chi connectivity index (χ0n) is 15.6. The van der Waals surface area contributed by atoms with Crippen LogP contribution < -0.4 is 15.0 Å². The van der Waals surface area contributed by atoms with Gasteiger partial charge in [-0.15, -0.1) is 0 Å². The first-order chi connectivity index (χ1) is 12.7. The SMILES string of the molecule is COc1cccc(C(=O)NCCN2CCN(c3cccc(C)c3)CC2)c1. The summed E-state index contributed by atoms with van der Waals surface area (Å²) >= 11 is 0. The lowest BCUT2D eigenvalue weighted by atomic mass is 10.2. The topological polar surface area (TPSA) is 44.8 Å². The summed E-state index contributed by atoms with van der Waals surface area (Å²) < 4.78 is 5.17. The summed E-state index contributed by atoms with van der Waals surface area (Å²) in [5.41, 5.74) is 3.23. The van der Waals surface area contributed by atoms with Gasteiger partial charge in [-0.1, -0.05) is 18.2 Å². The fourth-order valence-corrected chi connectivity index (χ4v) is 3.25. The van der Waals surface area contributed by atoms with E-state index in [0.717, 1.165) is 32.7 Å². The molecule has 2 aromatic rings. The molecule has 0 aromatic heterocycles. The van der Waals surface area contributed by atoms with Crippen molar-refractivity contribution >= 4 is 11.6 Å². The van der Waals surface area contributed by atoms with Crippen molar-refractivity contribution in [2.24, 2.45) is 0 Å². The molecule has 1 aliphatic heterocycles. The van der Waals surface area contributed by atoms with Crippen LogP contribution in [-0.2, 0) is 0 Å². The Morgan fingerprint density at radius 3 is 2.58 bits per heavy atom. The van der Waals surface area contributed by atoms with E-state index >= 15 is 0 Å². The van der Waals surface area contributed by atoms with E-state index in [1.165, 1.54) is 11.3 Å². The average Bonchev–Trinajstić information content (AvgIpc) is 2.68. The predicted octanol–water partition coefficient (Wildman–Crippen LogP) is 2.56. The lowest BCUT2D eigenvalue weighted by Crippen LogP contribution is -2.48. The fraction of sp³-hybridized carbons (Fsp3) is 0.381. The lowest BCUT2D eigenvalue weighted by molar-refractivity contribution is 0.0947. The quantitative estimate of drug-likeness (QED) is 0.867. The van der Waals surface area contributed by atoms with Crippen LogP contribution in [0.3, 0.4) is 0 Å². The Balaban J connectivity index is 1.42. The number of ether oxygens (including phenoxy) is 1. The molecule has 0 spiro atoms. The summed E-state index contributed by atoms with van der Waals surface area (Å²) in [7, 11) is 1.60. The number of methoxy groups -OCH3 is 1. The Labute approximate surface area is 155 Å². The van der Waals surface area contributed by atoms with Gasteiger partial charge in [0.1, 0.15) is 5.75 Å². The van der Waals surface area contributed by atoms with Crippen molar-refractivity contribution in [3.8, 4) is 5.75 Å². The number of nitrogens with one attached hydrogen (secondary N) is 1. The molecule has 1 N–H and O–H groups in total. The molecule has 0 bridgehead atoms. The first kappa shape index (κ1) is 18.3. The van der Waals surface area contributed by atoms with Crippen molar-refractivity contribution in [3.05, 3.63) is 59.7 Å². The average molecular weight is 353 g/mol. The zero-order chi connectivity index (χ0) is 18.4. The third-order valence-corrected chi connectivity index (χ3v) is 4.78. The van der Waals surface area contributed by atoms with Gasteiger partial charge in [0.25, 0.3) is 5.91 Å². The Bertz CT molecular complexity index is 740. The second-order valence-electron chi connectivity index (χ2n) is 6.66. The summed E-state index contributed by atoms with van der Waals surface area (Å²) in [6.07, 6.45) is 0. The third kappa shape index (κ3) is 4.76. The maximum Gasteiger partial charge on any atom is 0.251 e. The molecule has 26 heavy (non-hydrogen) atoms. The van der Waals surface area contributed by atoms with Crippen LogP contribution in [0.25, 0.3) is 0 Å². The van der Waals surface area contributed by atoms with Crippen LogP contribution in [0.4, 0.5) is 5.69 Å². The van der Waals surface area contributed by atoms with Crippen molar-refractivity contribution in [1.82, 2.24) is 10.2 Å². The van der Waals surface area contributed by atoms with E-state index in [2.05, 4.69) is 46.3 Å². The number of anilines is 1. The van der Waals surface area contributed by atoms with E-state index in [0.29, 0.717) is 17.9 Å². The first-order valence-corrected chi connectivity index (χ1v) is 9.12. The molecule has 1 aliphatic rings. The molecule has 138 valence electrons. The maximum absolute atomic E-state index is 12.2. The number of hydrogen-bond donors (Lipinski definition) is 1. The van der Waals surface area contributed by atoms with Gasteiger partial charge in [-0.3, -0.25) is 9.69 Å². The molecule has 1 amide bonds. The highest BCUT2D eigenvalue weighted by atomic mass is 16.5. The minimum Gasteiger partial charge on any atom is -0.497 e. The van der Waals surface area contributed by atoms with E-state index in [9.17, 15) is 4.79 Å². The molecule has 3 rings (SSSR count). The van der Waals surface area contributed by atoms with E-state index in [-0.39, 0.29) is 5.91 Å². The van der Waals surface area contributed by atoms with Crippen LogP contribution in [0.2, 0.25) is 0 Å². The molecular formula is C21H27N3O2. The summed E-state index contributed by atoms with van der Waals surface area (Å²) in [6.45, 7) is 7.73. The number of hydrogen-bond acceptors (Lipinski definition) is 4. The summed E-state index contributed by atoms with van der Waals surface area (Å²) in [5, 5.41) is 3.00. The highest BCUT2D eigenvalue weighted by Crippen LogP contribution is 2.17. The minimum atomic E-state index is -0.0534. The van der Waals surface area contributed by atoms with Crippen LogP contribution in [0.15, 0.2) is 48.5 Å². The van der Waals surface area contributed by atoms with Gasteiger partial charge in [-0.05, 0) is 42.8 Å². The summed E-state index contributed by atoms with van der Waals surface area (Å²) in [4.78, 5) is 17.1. The first-order valence-electron chi connectivity index (χ1n) is 9.12. The van der Waals surface area contributed by atoms with E-state index < -0.39 is 0 Å². The minimum absolute atomic E-state index is 0.0534. The molecule has 5 heteroatoms. The van der Waals surface area contributed by atoms with Gasteiger partial charge in [-0.2, -0.15) is 0 Å². The van der Waals surface area contributed by atoms with Crippen molar-refractivity contribution in [2.45, 2.75) is 6.92 Å². The Kier molecular flexibility index (Phi) is 6.12. The van der Waals surface area contributed by atoms with Crippen LogP contribution in [-0.4, -0.2) is 57.2 Å². The zero-order valence-corrected chi connectivity index (χ0v) is 15.6. The van der Waals surface area contributed by atoms with Gasteiger partial charge in [0.2, 0.25) is 0 Å². The number of aryl methyl sites for hydroxylation is 1. The van der Waals surface area contributed by atoms with Gasteiger partial charge in [-0.25, -0.2) is 0 Å². The molecule has 1 saturated heterocycles. The smallest absolute Gasteiger partial charge is 0.251 e. The third-order valence-electron chi connectivity index (χ3n) is 4.78. The highest BCUT2D eigenvalue weighted by molar-refractivity contribution is 5.94. The van der Waals surface area contributed by atoms with Crippen LogP contribution >= 0.6 is 0 Å². The number of nitrogens with zero attached hydrogens (tertiary/aromatic N) is 2. The number of piperazine rings is 1. The normalized spacial score (nSPS) is 14.9. The van der Waals surface area contributed by atoms with E-state index in [4.69, 9.17) is 4.74 Å². The number of carbonyl (C=O) groups is 1. The van der Waals surface area contributed by atoms with Gasteiger partial charge < -0.3 is 15.0 Å². The summed E-state index contributed by atoms with van der Waals surface area (Å²) in [5.74, 6) is 0.646. The molecule has 0 aliphatic carbocycles. The maximum atomic E-state index is 12.2. The number of rotatable bonds is 6. The second-order valence-corrected chi connectivity index (χ2v) is 6.66. The van der Waals surface area contributed by atoms with Gasteiger partial charge in [0, 0.05) is 50.5 Å².